The number of aromatic nitrogens is 2. The van der Waals surface area contributed by atoms with Gasteiger partial charge in [-0.05, 0) is 24.3 Å². The van der Waals surface area contributed by atoms with Crippen LogP contribution in [-0.4, -0.2) is 68.2 Å². The van der Waals surface area contributed by atoms with E-state index in [1.807, 2.05) is 36.4 Å². The Labute approximate surface area is 126 Å². The van der Waals surface area contributed by atoms with E-state index in [-0.39, 0.29) is 58.2 Å². The summed E-state index contributed by atoms with van der Waals surface area (Å²) < 4.78 is 0. The summed E-state index contributed by atoms with van der Waals surface area (Å²) >= 11 is 0. The van der Waals surface area contributed by atoms with Gasteiger partial charge in [0, 0.05) is 70.6 Å². The minimum absolute atomic E-state index is 0. The van der Waals surface area contributed by atoms with Crippen molar-refractivity contribution in [3.63, 3.8) is 0 Å². The Kier molecular flexibility index (Phi) is 4.95. The summed E-state index contributed by atoms with van der Waals surface area (Å²) in [6.07, 6.45) is 3.54. The Morgan fingerprint density at radius 3 is 1.46 bits per heavy atom. The molecule has 2 nitrogen and oxygen atoms in total. The van der Waals surface area contributed by atoms with Crippen molar-refractivity contribution in [3.8, 4) is 11.4 Å². The molecule has 0 bridgehead atoms. The molecular formula is C10H8N2Rb. The molecule has 59 valence electrons. The van der Waals surface area contributed by atoms with E-state index >= 15 is 0 Å². The minimum Gasteiger partial charge on any atom is -0.255 e. The maximum Gasteiger partial charge on any atom is 0.0886 e. The molecule has 2 rings (SSSR count). The van der Waals surface area contributed by atoms with E-state index in [1.54, 1.807) is 12.4 Å². The fourth-order valence-electron chi connectivity index (χ4n) is 1.03. The van der Waals surface area contributed by atoms with E-state index in [1.165, 1.54) is 0 Å². The van der Waals surface area contributed by atoms with Crippen molar-refractivity contribution in [3.05, 3.63) is 48.8 Å². The molecule has 13 heavy (non-hydrogen) atoms. The fraction of sp³-hybridized carbons (Fsp3) is 0. The van der Waals surface area contributed by atoms with Gasteiger partial charge in [0.05, 0.1) is 11.4 Å². The average molecular weight is 242 g/mol. The topological polar surface area (TPSA) is 25.8 Å². The van der Waals surface area contributed by atoms with Gasteiger partial charge in [0.25, 0.3) is 0 Å². The van der Waals surface area contributed by atoms with Crippen molar-refractivity contribution in [2.24, 2.45) is 0 Å². The van der Waals surface area contributed by atoms with Crippen LogP contribution in [0.25, 0.3) is 11.4 Å². The molecule has 0 saturated carbocycles. The molecule has 0 fully saturated rings. The van der Waals surface area contributed by atoms with Gasteiger partial charge in [-0.3, -0.25) is 9.97 Å². The van der Waals surface area contributed by atoms with Crippen molar-refractivity contribution in [1.29, 1.82) is 0 Å². The Balaban J connectivity index is 0.000000845. The summed E-state index contributed by atoms with van der Waals surface area (Å²) in [6.45, 7) is 0. The van der Waals surface area contributed by atoms with E-state index in [2.05, 4.69) is 9.97 Å². The van der Waals surface area contributed by atoms with E-state index in [0.717, 1.165) is 11.4 Å². The summed E-state index contributed by atoms with van der Waals surface area (Å²) in [5, 5.41) is 0. The minimum atomic E-state index is 0. The molecule has 0 atom stereocenters. The molecule has 0 aliphatic rings. The molecule has 0 amide bonds. The molecule has 0 aliphatic heterocycles. The van der Waals surface area contributed by atoms with Crippen LogP contribution in [0.15, 0.2) is 48.8 Å². The van der Waals surface area contributed by atoms with Crippen LogP contribution in [0.3, 0.4) is 0 Å². The van der Waals surface area contributed by atoms with Crippen molar-refractivity contribution < 1.29 is 0 Å². The summed E-state index contributed by atoms with van der Waals surface area (Å²) in [4.78, 5) is 8.37. The predicted octanol–water partition coefficient (Wildman–Crippen LogP) is 1.76. The Morgan fingerprint density at radius 1 is 0.692 bits per heavy atom. The number of hydrogen-bond acceptors (Lipinski definition) is 2. The monoisotopic (exact) mass is 241 g/mol. The molecule has 2 aromatic rings. The third kappa shape index (κ3) is 3.06. The van der Waals surface area contributed by atoms with Crippen LogP contribution in [0.5, 0.6) is 0 Å². The Hall–Kier alpha value is 0.105. The van der Waals surface area contributed by atoms with Crippen LogP contribution in [0.1, 0.15) is 0 Å². The predicted molar refractivity (Wildman–Crippen MR) is 53.2 cm³/mol. The molecule has 0 unspecified atom stereocenters. The number of nitrogens with zero attached hydrogens (tertiary/aromatic N) is 2. The van der Waals surface area contributed by atoms with Crippen LogP contribution < -0.4 is 0 Å². The normalized spacial score (nSPS) is 8.92. The van der Waals surface area contributed by atoms with Crippen molar-refractivity contribution in [2.45, 2.75) is 0 Å². The molecule has 2 aromatic heterocycles. The molecule has 0 N–H and O–H groups in total. The van der Waals surface area contributed by atoms with E-state index in [9.17, 15) is 0 Å². The van der Waals surface area contributed by atoms with Crippen LogP contribution in [-0.2, 0) is 0 Å². The maximum atomic E-state index is 4.19. The Bertz CT molecular complexity index is 310. The first kappa shape index (κ1) is 11.2. The molecule has 0 spiro atoms. The smallest absolute Gasteiger partial charge is 0.0886 e. The zero-order valence-corrected chi connectivity index (χ0v) is 12.4. The quantitative estimate of drug-likeness (QED) is 0.760. The van der Waals surface area contributed by atoms with Crippen molar-refractivity contribution in [2.75, 3.05) is 0 Å². The second kappa shape index (κ2) is 5.76. The first-order valence-corrected chi connectivity index (χ1v) is 3.79. The van der Waals surface area contributed by atoms with Gasteiger partial charge in [-0.2, -0.15) is 0 Å². The second-order valence-electron chi connectivity index (χ2n) is 2.43. The zero-order valence-electron chi connectivity index (χ0n) is 7.51. The van der Waals surface area contributed by atoms with Crippen LogP contribution >= 0.6 is 0 Å². The number of rotatable bonds is 1. The third-order valence-electron chi connectivity index (χ3n) is 1.59. The standard InChI is InChI=1S/C10H8N2.Rb/c1-3-7-11-9(5-1)10-6-2-4-8-12-10;/h1-8H;. The average Bonchev–Trinajstić information content (AvgIpc) is 2.21. The van der Waals surface area contributed by atoms with Gasteiger partial charge in [0.15, 0.2) is 0 Å². The van der Waals surface area contributed by atoms with E-state index in [4.69, 9.17) is 0 Å². The van der Waals surface area contributed by atoms with E-state index < -0.39 is 0 Å². The molecule has 0 aromatic carbocycles. The summed E-state index contributed by atoms with van der Waals surface area (Å²) in [5.41, 5.74) is 1.83. The fourth-order valence-corrected chi connectivity index (χ4v) is 1.03. The van der Waals surface area contributed by atoms with Gasteiger partial charge in [-0.15, -0.1) is 0 Å². The SMILES string of the molecule is [Rb].c1ccc(-c2ccccn2)nc1. The van der Waals surface area contributed by atoms with Gasteiger partial charge < -0.3 is 0 Å². The first-order valence-electron chi connectivity index (χ1n) is 3.79. The molecule has 0 saturated heterocycles. The van der Waals surface area contributed by atoms with Crippen molar-refractivity contribution >= 4 is 58.2 Å². The molecule has 1 radical (unpaired) electrons. The zero-order chi connectivity index (χ0) is 8.23. The number of hydrogen-bond donors (Lipinski definition) is 0. The second-order valence-corrected chi connectivity index (χ2v) is 2.43. The van der Waals surface area contributed by atoms with Gasteiger partial charge in [0.1, 0.15) is 0 Å². The molecular weight excluding hydrogens is 234 g/mol. The molecule has 2 heterocycles. The summed E-state index contributed by atoms with van der Waals surface area (Å²) in [6, 6.07) is 11.6. The van der Waals surface area contributed by atoms with Gasteiger partial charge in [-0.25, -0.2) is 0 Å². The largest absolute Gasteiger partial charge is 0.255 e. The number of pyridine rings is 2. The van der Waals surface area contributed by atoms with Gasteiger partial charge >= 0.3 is 0 Å². The third-order valence-corrected chi connectivity index (χ3v) is 1.59. The molecule has 3 heteroatoms. The van der Waals surface area contributed by atoms with Crippen LogP contribution in [0, 0.1) is 0 Å². The van der Waals surface area contributed by atoms with Crippen LogP contribution in [0.2, 0.25) is 0 Å². The summed E-state index contributed by atoms with van der Waals surface area (Å²) in [7, 11) is 0. The van der Waals surface area contributed by atoms with E-state index in [0.29, 0.717) is 0 Å². The van der Waals surface area contributed by atoms with Crippen LogP contribution in [0.4, 0.5) is 0 Å². The molecule has 0 aliphatic carbocycles. The van der Waals surface area contributed by atoms with Gasteiger partial charge in [0.2, 0.25) is 0 Å². The first-order chi connectivity index (χ1) is 5.97. The maximum absolute atomic E-state index is 4.19. The Morgan fingerprint density at radius 2 is 1.15 bits per heavy atom. The summed E-state index contributed by atoms with van der Waals surface area (Å²) in [5.74, 6) is 0. The van der Waals surface area contributed by atoms with Gasteiger partial charge in [-0.1, -0.05) is 12.1 Å². The van der Waals surface area contributed by atoms with Crippen molar-refractivity contribution in [1.82, 2.24) is 9.97 Å².